The second-order valence-corrected chi connectivity index (χ2v) is 8.32. The highest BCUT2D eigenvalue weighted by atomic mass is 35.6. The summed E-state index contributed by atoms with van der Waals surface area (Å²) in [4.78, 5) is 13.8. The highest BCUT2D eigenvalue weighted by molar-refractivity contribution is 8.03. The first kappa shape index (κ1) is 15.4. The molecule has 0 radical (unpaired) electrons. The number of nitrogens with zero attached hydrogens (tertiary/aromatic N) is 2. The van der Waals surface area contributed by atoms with E-state index in [1.807, 2.05) is 6.92 Å². The van der Waals surface area contributed by atoms with Crippen LogP contribution in [0.4, 0.5) is 10.5 Å². The van der Waals surface area contributed by atoms with Gasteiger partial charge in [-0.05, 0) is 25.1 Å². The van der Waals surface area contributed by atoms with Crippen molar-refractivity contribution in [3.63, 3.8) is 0 Å². The van der Waals surface area contributed by atoms with Crippen LogP contribution < -0.4 is 10.3 Å². The van der Waals surface area contributed by atoms with Crippen LogP contribution >= 0.6 is 58.4 Å². The van der Waals surface area contributed by atoms with E-state index in [-0.39, 0.29) is 12.2 Å². The van der Waals surface area contributed by atoms with Gasteiger partial charge in [0, 0.05) is 22.7 Å². The largest absolute Gasteiger partial charge is 0.350 e. The van der Waals surface area contributed by atoms with Crippen molar-refractivity contribution in [1.29, 1.82) is 0 Å². The van der Waals surface area contributed by atoms with Gasteiger partial charge in [-0.3, -0.25) is 4.90 Å². The summed E-state index contributed by atoms with van der Waals surface area (Å²) in [5.41, 5.74) is 3.58. The fourth-order valence-corrected chi connectivity index (χ4v) is 3.06. The first-order valence-electron chi connectivity index (χ1n) is 5.19. The van der Waals surface area contributed by atoms with E-state index in [2.05, 4.69) is 5.43 Å². The van der Waals surface area contributed by atoms with Gasteiger partial charge in [0.25, 0.3) is 3.12 Å². The average Bonchev–Trinajstić information content (AvgIpc) is 2.51. The van der Waals surface area contributed by atoms with Crippen molar-refractivity contribution in [2.75, 3.05) is 4.90 Å². The van der Waals surface area contributed by atoms with Gasteiger partial charge in [-0.1, -0.05) is 52.5 Å². The summed E-state index contributed by atoms with van der Waals surface area (Å²) < 4.78 is -0.425. The van der Waals surface area contributed by atoms with Crippen LogP contribution in [0.5, 0.6) is 0 Å². The number of nitrogens with one attached hydrogen (secondary N) is 1. The lowest BCUT2D eigenvalue weighted by molar-refractivity contribution is 0.236. The Morgan fingerprint density at radius 1 is 1.37 bits per heavy atom. The molecular weight excluding hydrogens is 352 g/mol. The van der Waals surface area contributed by atoms with Crippen molar-refractivity contribution in [2.24, 2.45) is 0 Å². The molecule has 9 heteroatoms. The maximum atomic E-state index is 12.3. The quantitative estimate of drug-likeness (QED) is 0.626. The van der Waals surface area contributed by atoms with Crippen LogP contribution in [-0.2, 0) is 0 Å². The average molecular weight is 361 g/mol. The van der Waals surface area contributed by atoms with Crippen LogP contribution in [0.2, 0.25) is 5.02 Å². The summed E-state index contributed by atoms with van der Waals surface area (Å²) in [5, 5.41) is 0.546. The second-order valence-electron chi connectivity index (χ2n) is 3.77. The maximum absolute atomic E-state index is 12.3. The predicted molar refractivity (Wildman–Crippen MR) is 81.6 cm³/mol. The van der Waals surface area contributed by atoms with E-state index in [4.69, 9.17) is 46.4 Å². The van der Waals surface area contributed by atoms with E-state index in [0.29, 0.717) is 10.7 Å². The molecular formula is C10H9Cl4N3OS. The molecule has 2 amide bonds. The second kappa shape index (κ2) is 5.76. The highest BCUT2D eigenvalue weighted by Crippen LogP contribution is 2.42. The standard InChI is InChI=1S/C10H9Cl4N3OS/c1-6-15-17(19-10(12,13)14)9(18)16(6)8-4-2-3-7(11)5-8/h2-6,15H,1H3. The number of carbonyl (C=O) groups excluding carboxylic acids is 1. The van der Waals surface area contributed by atoms with E-state index < -0.39 is 3.12 Å². The molecule has 4 nitrogen and oxygen atoms in total. The maximum Gasteiger partial charge on any atom is 0.350 e. The Morgan fingerprint density at radius 3 is 2.63 bits per heavy atom. The first-order valence-corrected chi connectivity index (χ1v) is 7.47. The number of hydrogen-bond acceptors (Lipinski definition) is 3. The van der Waals surface area contributed by atoms with E-state index in [1.54, 1.807) is 24.3 Å². The molecule has 2 rings (SSSR count). The SMILES string of the molecule is CC1NN(SC(Cl)(Cl)Cl)C(=O)N1c1cccc(Cl)c1. The number of carbonyl (C=O) groups is 1. The number of rotatable bonds is 2. The summed E-state index contributed by atoms with van der Waals surface area (Å²) in [6, 6.07) is 6.65. The molecule has 0 aliphatic carbocycles. The third-order valence-corrected chi connectivity index (χ3v) is 3.86. The fourth-order valence-electron chi connectivity index (χ4n) is 1.68. The molecule has 1 unspecified atom stereocenters. The zero-order valence-electron chi connectivity index (χ0n) is 9.61. The highest BCUT2D eigenvalue weighted by Gasteiger charge is 2.40. The molecule has 19 heavy (non-hydrogen) atoms. The van der Waals surface area contributed by atoms with E-state index >= 15 is 0 Å². The zero-order chi connectivity index (χ0) is 14.2. The Kier molecular flexibility index (Phi) is 4.65. The van der Waals surface area contributed by atoms with Crippen molar-refractivity contribution in [3.8, 4) is 0 Å². The molecule has 0 saturated carbocycles. The third-order valence-electron chi connectivity index (χ3n) is 2.35. The van der Waals surface area contributed by atoms with Gasteiger partial charge < -0.3 is 0 Å². The number of urea groups is 1. The van der Waals surface area contributed by atoms with E-state index in [0.717, 1.165) is 11.9 Å². The fraction of sp³-hybridized carbons (Fsp3) is 0.300. The Bertz CT molecular complexity index is 496. The molecule has 1 aromatic rings. The smallest absolute Gasteiger partial charge is 0.275 e. The lowest BCUT2D eigenvalue weighted by atomic mass is 10.3. The molecule has 1 saturated heterocycles. The van der Waals surface area contributed by atoms with Crippen LogP contribution in [0.25, 0.3) is 0 Å². The zero-order valence-corrected chi connectivity index (χ0v) is 13.4. The lowest BCUT2D eigenvalue weighted by Crippen LogP contribution is -2.34. The molecule has 1 fully saturated rings. The third kappa shape index (κ3) is 3.74. The molecule has 0 spiro atoms. The van der Waals surface area contributed by atoms with Gasteiger partial charge in [-0.15, -0.1) is 0 Å². The summed E-state index contributed by atoms with van der Waals surface area (Å²) in [5.74, 6) is 0. The minimum atomic E-state index is -1.62. The van der Waals surface area contributed by atoms with Gasteiger partial charge >= 0.3 is 6.03 Å². The Labute approximate surface area is 135 Å². The van der Waals surface area contributed by atoms with Gasteiger partial charge in [0.15, 0.2) is 0 Å². The van der Waals surface area contributed by atoms with Crippen LogP contribution in [0.3, 0.4) is 0 Å². The summed E-state index contributed by atoms with van der Waals surface area (Å²) >= 11 is 23.7. The number of hydrogen-bond donors (Lipinski definition) is 1. The number of hydrazine groups is 1. The molecule has 1 aliphatic heterocycles. The van der Waals surface area contributed by atoms with E-state index in [9.17, 15) is 4.79 Å². The van der Waals surface area contributed by atoms with Crippen molar-refractivity contribution in [1.82, 2.24) is 9.84 Å². The van der Waals surface area contributed by atoms with Gasteiger partial charge in [-0.2, -0.15) is 9.84 Å². The molecule has 1 aliphatic rings. The van der Waals surface area contributed by atoms with Gasteiger partial charge in [0.2, 0.25) is 0 Å². The van der Waals surface area contributed by atoms with Crippen LogP contribution in [0.15, 0.2) is 24.3 Å². The van der Waals surface area contributed by atoms with Crippen molar-refractivity contribution in [3.05, 3.63) is 29.3 Å². The Balaban J connectivity index is 2.21. The number of benzene rings is 1. The van der Waals surface area contributed by atoms with Gasteiger partial charge in [-0.25, -0.2) is 4.79 Å². The Hall–Kier alpha value is -0.0400. The number of anilines is 1. The van der Waals surface area contributed by atoms with Crippen LogP contribution in [-0.4, -0.2) is 19.7 Å². The molecule has 0 bridgehead atoms. The van der Waals surface area contributed by atoms with Gasteiger partial charge in [0.05, 0.1) is 0 Å². The van der Waals surface area contributed by atoms with Crippen molar-refractivity contribution >= 4 is 70.1 Å². The Morgan fingerprint density at radius 2 is 2.05 bits per heavy atom. The van der Waals surface area contributed by atoms with Gasteiger partial charge in [0.1, 0.15) is 6.17 Å². The van der Waals surface area contributed by atoms with E-state index in [1.165, 1.54) is 9.31 Å². The molecule has 0 aromatic heterocycles. The number of halogens is 4. The van der Waals surface area contributed by atoms with Crippen molar-refractivity contribution < 1.29 is 4.79 Å². The number of alkyl halides is 3. The normalized spacial score (nSPS) is 20.3. The minimum absolute atomic E-state index is 0.272. The lowest BCUT2D eigenvalue weighted by Gasteiger charge is -2.19. The topological polar surface area (TPSA) is 35.6 Å². The summed E-state index contributed by atoms with van der Waals surface area (Å²) in [7, 11) is 0. The predicted octanol–water partition coefficient (Wildman–Crippen LogP) is 4.41. The molecule has 1 N–H and O–H groups in total. The molecule has 1 atom stereocenters. The van der Waals surface area contributed by atoms with Crippen molar-refractivity contribution in [2.45, 2.75) is 16.2 Å². The first-order chi connectivity index (χ1) is 8.78. The summed E-state index contributed by atoms with van der Waals surface area (Å²) in [6.45, 7) is 1.82. The summed E-state index contributed by atoms with van der Waals surface area (Å²) in [6.07, 6.45) is -0.272. The van der Waals surface area contributed by atoms with Crippen LogP contribution in [0, 0.1) is 0 Å². The molecule has 1 aromatic carbocycles. The van der Waals surface area contributed by atoms with Crippen LogP contribution in [0.1, 0.15) is 6.92 Å². The minimum Gasteiger partial charge on any atom is -0.275 e. The number of amides is 2. The monoisotopic (exact) mass is 359 g/mol. The molecule has 1 heterocycles. The molecule has 104 valence electrons.